The minimum Gasteiger partial charge on any atom is -0.476 e. The van der Waals surface area contributed by atoms with E-state index in [4.69, 9.17) is 4.74 Å². The zero-order chi connectivity index (χ0) is 16.9. The van der Waals surface area contributed by atoms with Crippen molar-refractivity contribution in [2.24, 2.45) is 10.3 Å². The molecule has 0 radical (unpaired) electrons. The summed E-state index contributed by atoms with van der Waals surface area (Å²) in [4.78, 5) is 0.127. The van der Waals surface area contributed by atoms with Crippen LogP contribution in [-0.2, 0) is 14.8 Å². The maximum absolute atomic E-state index is 12.5. The summed E-state index contributed by atoms with van der Waals surface area (Å²) in [7, 11) is -3.83. The van der Waals surface area contributed by atoms with Gasteiger partial charge >= 0.3 is 0 Å². The Kier molecular flexibility index (Phi) is 5.96. The molecule has 0 saturated heterocycles. The highest BCUT2D eigenvalue weighted by molar-refractivity contribution is 9.10. The van der Waals surface area contributed by atoms with Crippen molar-refractivity contribution in [3.63, 3.8) is 0 Å². The van der Waals surface area contributed by atoms with Crippen molar-refractivity contribution in [1.29, 1.82) is 0 Å². The van der Waals surface area contributed by atoms with Gasteiger partial charge in [0.15, 0.2) is 0 Å². The molecule has 0 atom stereocenters. The van der Waals surface area contributed by atoms with E-state index in [9.17, 15) is 8.42 Å². The van der Waals surface area contributed by atoms with Crippen molar-refractivity contribution in [3.8, 4) is 0 Å². The molecule has 0 N–H and O–H groups in total. The Morgan fingerprint density at radius 3 is 2.26 bits per heavy atom. The SMILES string of the molecule is CC(C)COC(=NS(=O)(=O)c1ccc(Br)cc1)c1ccccc1. The van der Waals surface area contributed by atoms with Crippen molar-refractivity contribution < 1.29 is 13.2 Å². The second-order valence-corrected chi connectivity index (χ2v) is 7.92. The molecular formula is C17H18BrNO3S. The number of sulfonamides is 1. The molecule has 0 unspecified atom stereocenters. The Morgan fingerprint density at radius 1 is 1.09 bits per heavy atom. The second kappa shape index (κ2) is 7.75. The normalized spacial score (nSPS) is 12.4. The van der Waals surface area contributed by atoms with E-state index >= 15 is 0 Å². The maximum atomic E-state index is 12.5. The predicted molar refractivity (Wildman–Crippen MR) is 95.1 cm³/mol. The van der Waals surface area contributed by atoms with Crippen molar-refractivity contribution in [3.05, 3.63) is 64.6 Å². The number of hydrogen-bond acceptors (Lipinski definition) is 3. The van der Waals surface area contributed by atoms with E-state index in [2.05, 4.69) is 20.3 Å². The van der Waals surface area contributed by atoms with Gasteiger partial charge in [-0.25, -0.2) is 0 Å². The Balaban J connectivity index is 2.40. The van der Waals surface area contributed by atoms with Gasteiger partial charge in [0.25, 0.3) is 10.0 Å². The average Bonchev–Trinajstić information content (AvgIpc) is 2.52. The topological polar surface area (TPSA) is 55.7 Å². The third-order valence-electron chi connectivity index (χ3n) is 2.89. The highest BCUT2D eigenvalue weighted by Crippen LogP contribution is 2.18. The summed E-state index contributed by atoms with van der Waals surface area (Å²) in [5, 5.41) is 0. The molecule has 2 rings (SSSR count). The lowest BCUT2D eigenvalue weighted by Crippen LogP contribution is -2.14. The third kappa shape index (κ3) is 5.18. The van der Waals surface area contributed by atoms with E-state index in [1.54, 1.807) is 24.3 Å². The van der Waals surface area contributed by atoms with Crippen LogP contribution in [0.3, 0.4) is 0 Å². The van der Waals surface area contributed by atoms with Crippen LogP contribution >= 0.6 is 15.9 Å². The average molecular weight is 396 g/mol. The molecule has 23 heavy (non-hydrogen) atoms. The van der Waals surface area contributed by atoms with Gasteiger partial charge < -0.3 is 4.74 Å². The van der Waals surface area contributed by atoms with Gasteiger partial charge in [-0.05, 0) is 42.3 Å². The summed E-state index contributed by atoms with van der Waals surface area (Å²) in [6.07, 6.45) is 0. The molecule has 2 aromatic carbocycles. The quantitative estimate of drug-likeness (QED) is 0.561. The molecule has 2 aromatic rings. The van der Waals surface area contributed by atoms with E-state index in [1.165, 1.54) is 12.1 Å². The highest BCUT2D eigenvalue weighted by Gasteiger charge is 2.16. The van der Waals surface area contributed by atoms with E-state index in [-0.39, 0.29) is 16.7 Å². The first-order chi connectivity index (χ1) is 10.9. The Labute approximate surface area is 145 Å². The van der Waals surface area contributed by atoms with Crippen LogP contribution < -0.4 is 0 Å². The van der Waals surface area contributed by atoms with Gasteiger partial charge in [-0.1, -0.05) is 48.0 Å². The molecule has 0 aliphatic carbocycles. The Bertz CT molecular complexity index is 769. The first-order valence-electron chi connectivity index (χ1n) is 7.17. The van der Waals surface area contributed by atoms with Crippen LogP contribution in [0.2, 0.25) is 0 Å². The fourth-order valence-corrected chi connectivity index (χ4v) is 2.98. The number of ether oxygens (including phenoxy) is 1. The van der Waals surface area contributed by atoms with Crippen LogP contribution in [0.25, 0.3) is 0 Å². The fraction of sp³-hybridized carbons (Fsp3) is 0.235. The zero-order valence-corrected chi connectivity index (χ0v) is 15.3. The van der Waals surface area contributed by atoms with Crippen LogP contribution in [0.1, 0.15) is 19.4 Å². The van der Waals surface area contributed by atoms with Crippen molar-refractivity contribution in [2.75, 3.05) is 6.61 Å². The van der Waals surface area contributed by atoms with E-state index < -0.39 is 10.0 Å². The molecule has 0 fully saturated rings. The Morgan fingerprint density at radius 2 is 1.70 bits per heavy atom. The maximum Gasteiger partial charge on any atom is 0.285 e. The summed E-state index contributed by atoms with van der Waals surface area (Å²) in [6.45, 7) is 4.38. The van der Waals surface area contributed by atoms with Gasteiger partial charge in [-0.3, -0.25) is 0 Å². The fourth-order valence-electron chi connectivity index (χ4n) is 1.76. The van der Waals surface area contributed by atoms with Crippen LogP contribution in [0.4, 0.5) is 0 Å². The molecular weight excluding hydrogens is 378 g/mol. The van der Waals surface area contributed by atoms with Crippen LogP contribution in [0.5, 0.6) is 0 Å². The standard InChI is InChI=1S/C17H18BrNO3S/c1-13(2)12-22-17(14-6-4-3-5-7-14)19-23(20,21)16-10-8-15(18)9-11-16/h3-11,13H,12H2,1-2H3. The smallest absolute Gasteiger partial charge is 0.285 e. The van der Waals surface area contributed by atoms with E-state index in [1.807, 2.05) is 32.0 Å². The van der Waals surface area contributed by atoms with Crippen LogP contribution in [0.15, 0.2) is 68.4 Å². The molecule has 4 nitrogen and oxygen atoms in total. The van der Waals surface area contributed by atoms with Gasteiger partial charge in [-0.15, -0.1) is 4.40 Å². The van der Waals surface area contributed by atoms with Gasteiger partial charge in [0, 0.05) is 10.0 Å². The predicted octanol–water partition coefficient (Wildman–Crippen LogP) is 4.26. The molecule has 6 heteroatoms. The zero-order valence-electron chi connectivity index (χ0n) is 12.9. The van der Waals surface area contributed by atoms with Gasteiger partial charge in [0.05, 0.1) is 11.5 Å². The lowest BCUT2D eigenvalue weighted by atomic mass is 10.2. The second-order valence-electron chi connectivity index (χ2n) is 5.40. The van der Waals surface area contributed by atoms with Gasteiger partial charge in [0.2, 0.25) is 5.90 Å². The highest BCUT2D eigenvalue weighted by atomic mass is 79.9. The van der Waals surface area contributed by atoms with Crippen LogP contribution in [-0.4, -0.2) is 20.9 Å². The van der Waals surface area contributed by atoms with E-state index in [0.717, 1.165) is 4.47 Å². The van der Waals surface area contributed by atoms with Crippen molar-refractivity contribution >= 4 is 31.9 Å². The molecule has 0 heterocycles. The van der Waals surface area contributed by atoms with Crippen LogP contribution in [0, 0.1) is 5.92 Å². The van der Waals surface area contributed by atoms with Gasteiger partial charge in [-0.2, -0.15) is 8.42 Å². The first kappa shape index (κ1) is 17.7. The monoisotopic (exact) mass is 395 g/mol. The first-order valence-corrected chi connectivity index (χ1v) is 9.40. The number of hydrogen-bond donors (Lipinski definition) is 0. The largest absolute Gasteiger partial charge is 0.476 e. The number of nitrogens with zero attached hydrogens (tertiary/aromatic N) is 1. The Hall–Kier alpha value is -1.66. The summed E-state index contributed by atoms with van der Waals surface area (Å²) in [6, 6.07) is 15.4. The molecule has 0 aliphatic rings. The lowest BCUT2D eigenvalue weighted by Gasteiger charge is -2.11. The molecule has 0 bridgehead atoms. The summed E-state index contributed by atoms with van der Waals surface area (Å²) >= 11 is 3.29. The van der Waals surface area contributed by atoms with Crippen molar-refractivity contribution in [1.82, 2.24) is 0 Å². The summed E-state index contributed by atoms with van der Waals surface area (Å²) in [5.41, 5.74) is 0.633. The molecule has 122 valence electrons. The van der Waals surface area contributed by atoms with E-state index in [0.29, 0.717) is 12.2 Å². The minimum absolute atomic E-state index is 0.113. The number of halogens is 1. The lowest BCUT2D eigenvalue weighted by molar-refractivity contribution is 0.260. The molecule has 0 aliphatic heterocycles. The van der Waals surface area contributed by atoms with Crippen molar-refractivity contribution in [2.45, 2.75) is 18.7 Å². The van der Waals surface area contributed by atoms with Gasteiger partial charge in [0.1, 0.15) is 0 Å². The molecule has 0 spiro atoms. The third-order valence-corrected chi connectivity index (χ3v) is 4.69. The molecule has 0 amide bonds. The minimum atomic E-state index is -3.83. The summed E-state index contributed by atoms with van der Waals surface area (Å²) in [5.74, 6) is 0.376. The molecule has 0 aromatic heterocycles. The number of rotatable bonds is 5. The summed E-state index contributed by atoms with van der Waals surface area (Å²) < 4.78 is 35.3. The number of benzene rings is 2. The molecule has 0 saturated carbocycles.